The van der Waals surface area contributed by atoms with Crippen molar-refractivity contribution in [3.05, 3.63) is 64.2 Å². The minimum absolute atomic E-state index is 0.0516. The number of ether oxygens (including phenoxy) is 1. The molecule has 0 aliphatic heterocycles. The summed E-state index contributed by atoms with van der Waals surface area (Å²) < 4.78 is 5.97. The van der Waals surface area contributed by atoms with Gasteiger partial charge in [-0.1, -0.05) is 36.8 Å². The minimum Gasteiger partial charge on any atom is -0.481 e. The number of hydrogen-bond acceptors (Lipinski definition) is 2. The Bertz CT molecular complexity index is 731. The van der Waals surface area contributed by atoms with Crippen molar-refractivity contribution in [2.75, 3.05) is 0 Å². The average Bonchev–Trinajstić information content (AvgIpc) is 2.53. The monoisotopic (exact) mass is 339 g/mol. The van der Waals surface area contributed by atoms with E-state index in [0.29, 0.717) is 6.42 Å². The van der Waals surface area contributed by atoms with Gasteiger partial charge in [0.2, 0.25) is 0 Å². The maximum atomic E-state index is 12.7. The summed E-state index contributed by atoms with van der Waals surface area (Å²) in [5, 5.41) is 3.10. The van der Waals surface area contributed by atoms with E-state index in [1.807, 2.05) is 39.8 Å². The van der Waals surface area contributed by atoms with E-state index < -0.39 is 6.10 Å². The van der Waals surface area contributed by atoms with Crippen LogP contribution in [0.3, 0.4) is 0 Å². The van der Waals surface area contributed by atoms with Crippen molar-refractivity contribution in [2.45, 2.75) is 60.1 Å². The van der Waals surface area contributed by atoms with Crippen LogP contribution < -0.4 is 10.1 Å². The molecule has 2 aromatic carbocycles. The maximum absolute atomic E-state index is 12.7. The van der Waals surface area contributed by atoms with Gasteiger partial charge in [0.1, 0.15) is 5.75 Å². The molecule has 0 aromatic heterocycles. The molecule has 3 nitrogen and oxygen atoms in total. The average molecular weight is 339 g/mol. The number of aryl methyl sites for hydroxylation is 4. The fourth-order valence-electron chi connectivity index (χ4n) is 3.10. The summed E-state index contributed by atoms with van der Waals surface area (Å²) in [5.41, 5.74) is 5.79. The summed E-state index contributed by atoms with van der Waals surface area (Å²) >= 11 is 0. The number of hydrogen-bond donors (Lipinski definition) is 1. The third-order valence-electron chi connectivity index (χ3n) is 4.40. The smallest absolute Gasteiger partial charge is 0.261 e. The third kappa shape index (κ3) is 5.09. The van der Waals surface area contributed by atoms with Gasteiger partial charge in [0.05, 0.1) is 6.04 Å². The highest BCUT2D eigenvalue weighted by Gasteiger charge is 2.21. The normalized spacial score (nSPS) is 13.2. The van der Waals surface area contributed by atoms with Crippen molar-refractivity contribution in [1.82, 2.24) is 5.32 Å². The fraction of sp³-hybridized carbons (Fsp3) is 0.409. The Morgan fingerprint density at radius 2 is 1.64 bits per heavy atom. The number of amides is 1. The molecule has 0 heterocycles. The van der Waals surface area contributed by atoms with Crippen molar-refractivity contribution < 1.29 is 9.53 Å². The Kier molecular flexibility index (Phi) is 6.24. The van der Waals surface area contributed by atoms with Gasteiger partial charge in [0.25, 0.3) is 5.91 Å². The molecular weight excluding hydrogens is 310 g/mol. The standard InChI is InChI=1S/C22H29NO2/c1-7-21(25-19-11-15(3)10-16(4)12-19)22(24)23-18(6)20-13-14(2)8-9-17(20)5/h8-13,18,21H,7H2,1-6H3,(H,23,24)/t18-,21-/m0/s1. The molecule has 0 saturated carbocycles. The first-order valence-corrected chi connectivity index (χ1v) is 8.92. The van der Waals surface area contributed by atoms with Crippen LogP contribution in [0.1, 0.15) is 54.1 Å². The van der Waals surface area contributed by atoms with Gasteiger partial charge in [0, 0.05) is 0 Å². The zero-order chi connectivity index (χ0) is 18.6. The lowest BCUT2D eigenvalue weighted by molar-refractivity contribution is -0.128. The maximum Gasteiger partial charge on any atom is 0.261 e. The van der Waals surface area contributed by atoms with E-state index in [-0.39, 0.29) is 11.9 Å². The fourth-order valence-corrected chi connectivity index (χ4v) is 3.10. The molecule has 0 bridgehead atoms. The summed E-state index contributed by atoms with van der Waals surface area (Å²) in [6.45, 7) is 12.2. The predicted molar refractivity (Wildman–Crippen MR) is 103 cm³/mol. The molecular formula is C22H29NO2. The molecule has 0 spiro atoms. The summed E-state index contributed by atoms with van der Waals surface area (Å²) in [6, 6.07) is 12.3. The zero-order valence-electron chi connectivity index (χ0n) is 16.1. The second-order valence-electron chi connectivity index (χ2n) is 6.93. The molecule has 0 fully saturated rings. The molecule has 3 heteroatoms. The molecule has 0 unspecified atom stereocenters. The van der Waals surface area contributed by atoms with Crippen molar-refractivity contribution in [2.24, 2.45) is 0 Å². The molecule has 2 atom stereocenters. The van der Waals surface area contributed by atoms with Crippen molar-refractivity contribution >= 4 is 5.91 Å². The molecule has 134 valence electrons. The van der Waals surface area contributed by atoms with Gasteiger partial charge < -0.3 is 10.1 Å². The molecule has 2 aromatic rings. The van der Waals surface area contributed by atoms with Crippen LogP contribution in [-0.4, -0.2) is 12.0 Å². The van der Waals surface area contributed by atoms with Crippen LogP contribution >= 0.6 is 0 Å². The van der Waals surface area contributed by atoms with E-state index in [4.69, 9.17) is 4.74 Å². The largest absolute Gasteiger partial charge is 0.481 e. The lowest BCUT2D eigenvalue weighted by Crippen LogP contribution is -2.39. The second-order valence-corrected chi connectivity index (χ2v) is 6.93. The lowest BCUT2D eigenvalue weighted by atomic mass is 10.00. The summed E-state index contributed by atoms with van der Waals surface area (Å²) in [7, 11) is 0. The Morgan fingerprint density at radius 3 is 2.24 bits per heavy atom. The van der Waals surface area contributed by atoms with Crippen LogP contribution in [0.4, 0.5) is 0 Å². The highest BCUT2D eigenvalue weighted by atomic mass is 16.5. The number of benzene rings is 2. The Hall–Kier alpha value is -2.29. The molecule has 1 amide bonds. The molecule has 2 rings (SSSR count). The molecule has 25 heavy (non-hydrogen) atoms. The van der Waals surface area contributed by atoms with E-state index in [1.165, 1.54) is 11.1 Å². The number of carbonyl (C=O) groups excluding carboxylic acids is 1. The minimum atomic E-state index is -0.492. The van der Waals surface area contributed by atoms with Crippen LogP contribution in [0.5, 0.6) is 5.75 Å². The molecule has 0 aliphatic rings. The van der Waals surface area contributed by atoms with E-state index in [0.717, 1.165) is 22.4 Å². The zero-order valence-corrected chi connectivity index (χ0v) is 16.1. The third-order valence-corrected chi connectivity index (χ3v) is 4.40. The molecule has 0 aliphatic carbocycles. The van der Waals surface area contributed by atoms with Gasteiger partial charge >= 0.3 is 0 Å². The van der Waals surface area contributed by atoms with Crippen LogP contribution in [0.15, 0.2) is 36.4 Å². The van der Waals surface area contributed by atoms with E-state index in [9.17, 15) is 4.79 Å². The highest BCUT2D eigenvalue weighted by Crippen LogP contribution is 2.21. The first-order chi connectivity index (χ1) is 11.8. The van der Waals surface area contributed by atoms with Gasteiger partial charge in [0.15, 0.2) is 6.10 Å². The first kappa shape index (κ1) is 19.0. The molecule has 0 radical (unpaired) electrons. The van der Waals surface area contributed by atoms with Crippen LogP contribution in [0.2, 0.25) is 0 Å². The van der Waals surface area contributed by atoms with Crippen molar-refractivity contribution in [3.63, 3.8) is 0 Å². The van der Waals surface area contributed by atoms with E-state index in [2.05, 4.69) is 43.4 Å². The van der Waals surface area contributed by atoms with Crippen molar-refractivity contribution in [1.29, 1.82) is 0 Å². The van der Waals surface area contributed by atoms with Gasteiger partial charge in [-0.25, -0.2) is 0 Å². The summed E-state index contributed by atoms with van der Waals surface area (Å²) in [6.07, 6.45) is 0.131. The van der Waals surface area contributed by atoms with Crippen LogP contribution in [0.25, 0.3) is 0 Å². The predicted octanol–water partition coefficient (Wildman–Crippen LogP) is 4.96. The van der Waals surface area contributed by atoms with E-state index >= 15 is 0 Å². The van der Waals surface area contributed by atoms with E-state index in [1.54, 1.807) is 0 Å². The highest BCUT2D eigenvalue weighted by molar-refractivity contribution is 5.81. The molecule has 0 saturated heterocycles. The lowest BCUT2D eigenvalue weighted by Gasteiger charge is -2.22. The van der Waals surface area contributed by atoms with Gasteiger partial charge in [-0.2, -0.15) is 0 Å². The summed E-state index contributed by atoms with van der Waals surface area (Å²) in [5.74, 6) is 0.675. The van der Waals surface area contributed by atoms with Crippen LogP contribution in [-0.2, 0) is 4.79 Å². The summed E-state index contributed by atoms with van der Waals surface area (Å²) in [4.78, 5) is 12.7. The van der Waals surface area contributed by atoms with Crippen LogP contribution in [0, 0.1) is 27.7 Å². The first-order valence-electron chi connectivity index (χ1n) is 8.92. The van der Waals surface area contributed by atoms with Gasteiger partial charge in [-0.15, -0.1) is 0 Å². The Labute approximate surface area is 151 Å². The molecule has 1 N–H and O–H groups in total. The second kappa shape index (κ2) is 8.19. The number of rotatable bonds is 6. The Morgan fingerprint density at radius 1 is 1.00 bits per heavy atom. The number of nitrogens with one attached hydrogen (secondary N) is 1. The quantitative estimate of drug-likeness (QED) is 0.808. The topological polar surface area (TPSA) is 38.3 Å². The Balaban J connectivity index is 2.10. The van der Waals surface area contributed by atoms with Gasteiger partial charge in [-0.3, -0.25) is 4.79 Å². The SMILES string of the molecule is CC[C@H](Oc1cc(C)cc(C)c1)C(=O)N[C@@H](C)c1cc(C)ccc1C. The van der Waals surface area contributed by atoms with Gasteiger partial charge in [-0.05, 0) is 75.4 Å². The number of carbonyl (C=O) groups is 1. The van der Waals surface area contributed by atoms with Crippen molar-refractivity contribution in [3.8, 4) is 5.75 Å².